The molecule has 2 saturated heterocycles. The molecule has 0 unspecified atom stereocenters. The van der Waals surface area contributed by atoms with Gasteiger partial charge in [-0.3, -0.25) is 4.98 Å². The number of hydrogen-bond acceptors (Lipinski definition) is 5. The van der Waals surface area contributed by atoms with E-state index in [-0.39, 0.29) is 0 Å². The van der Waals surface area contributed by atoms with Crippen LogP contribution in [0.2, 0.25) is 0 Å². The highest BCUT2D eigenvalue weighted by atomic mass is 16.5. The molecule has 2 atom stereocenters. The predicted octanol–water partition coefficient (Wildman–Crippen LogP) is 1.01. The number of nitrogens with zero attached hydrogens (tertiary/aromatic N) is 2. The summed E-state index contributed by atoms with van der Waals surface area (Å²) in [6, 6.07) is 4.96. The van der Waals surface area contributed by atoms with E-state index in [0.29, 0.717) is 18.7 Å². The fourth-order valence-electron chi connectivity index (χ4n) is 3.36. The zero-order valence-electron chi connectivity index (χ0n) is 13.3. The molecule has 0 amide bonds. The normalized spacial score (nSPS) is 26.9. The van der Waals surface area contributed by atoms with Crippen LogP contribution in [0.1, 0.15) is 24.8 Å². The quantitative estimate of drug-likeness (QED) is 0.821. The van der Waals surface area contributed by atoms with Crippen molar-refractivity contribution in [3.8, 4) is 0 Å². The summed E-state index contributed by atoms with van der Waals surface area (Å²) >= 11 is 0. The molecule has 0 spiro atoms. The van der Waals surface area contributed by atoms with E-state index in [2.05, 4.69) is 20.5 Å². The zero-order valence-corrected chi connectivity index (χ0v) is 13.3. The third-order valence-electron chi connectivity index (χ3n) is 4.52. The molecule has 122 valence electrons. The maximum atomic E-state index is 5.85. The summed E-state index contributed by atoms with van der Waals surface area (Å²) in [5.74, 6) is 0. The lowest BCUT2D eigenvalue weighted by molar-refractivity contribution is 0.0832. The number of aromatic nitrogens is 1. The highest BCUT2D eigenvalue weighted by molar-refractivity contribution is 5.07. The van der Waals surface area contributed by atoms with E-state index in [1.807, 2.05) is 24.5 Å². The second-order valence-electron chi connectivity index (χ2n) is 6.45. The Balaban J connectivity index is 1.37. The molecule has 2 N–H and O–H groups in total. The minimum Gasteiger partial charge on any atom is -0.375 e. The molecule has 2 aliphatic heterocycles. The van der Waals surface area contributed by atoms with Crippen molar-refractivity contribution < 1.29 is 4.74 Å². The van der Waals surface area contributed by atoms with Gasteiger partial charge in [0.05, 0.1) is 13.2 Å². The molecular weight excluding hydrogens is 276 g/mol. The van der Waals surface area contributed by atoms with E-state index in [1.54, 1.807) is 0 Å². The molecule has 3 heterocycles. The molecule has 1 aromatic rings. The molecule has 0 aromatic carbocycles. The molecule has 0 bridgehead atoms. The molecule has 5 nitrogen and oxygen atoms in total. The molecular formula is C17H28N4O. The molecule has 2 aliphatic rings. The van der Waals surface area contributed by atoms with E-state index < -0.39 is 0 Å². The first kappa shape index (κ1) is 15.9. The average molecular weight is 304 g/mol. The first-order chi connectivity index (χ1) is 10.9. The number of likely N-dealkylation sites (tertiary alicyclic amines) is 1. The van der Waals surface area contributed by atoms with Gasteiger partial charge in [0.1, 0.15) is 0 Å². The number of rotatable bonds is 6. The SMILES string of the molecule is c1cc(COC[C@H]2CNC[C@H](CN3CCCCC3)N2)ccn1. The summed E-state index contributed by atoms with van der Waals surface area (Å²) in [6.45, 7) is 7.17. The largest absolute Gasteiger partial charge is 0.375 e. The number of piperidine rings is 1. The van der Waals surface area contributed by atoms with Gasteiger partial charge in [-0.25, -0.2) is 0 Å². The van der Waals surface area contributed by atoms with Gasteiger partial charge in [-0.05, 0) is 43.6 Å². The van der Waals surface area contributed by atoms with E-state index in [0.717, 1.165) is 26.2 Å². The van der Waals surface area contributed by atoms with E-state index in [1.165, 1.54) is 37.9 Å². The molecule has 0 radical (unpaired) electrons. The zero-order chi connectivity index (χ0) is 15.0. The number of ether oxygens (including phenoxy) is 1. The molecule has 0 aliphatic carbocycles. The molecule has 1 aromatic heterocycles. The lowest BCUT2D eigenvalue weighted by atomic mass is 10.1. The number of pyridine rings is 1. The number of hydrogen-bond donors (Lipinski definition) is 2. The van der Waals surface area contributed by atoms with Gasteiger partial charge in [-0.1, -0.05) is 6.42 Å². The standard InChI is InChI=1S/C17H28N4O/c1-2-8-21(9-3-1)12-16-10-19-11-17(20-16)14-22-13-15-4-6-18-7-5-15/h4-7,16-17,19-20H,1-3,8-14H2/t16-,17-/m1/s1. The molecule has 5 heteroatoms. The van der Waals surface area contributed by atoms with Crippen LogP contribution in [0.5, 0.6) is 0 Å². The second-order valence-corrected chi connectivity index (χ2v) is 6.45. The Morgan fingerprint density at radius 3 is 2.68 bits per heavy atom. The van der Waals surface area contributed by atoms with Gasteiger partial charge in [-0.2, -0.15) is 0 Å². The van der Waals surface area contributed by atoms with Gasteiger partial charge in [0, 0.05) is 44.1 Å². The van der Waals surface area contributed by atoms with Crippen LogP contribution in [0.4, 0.5) is 0 Å². The van der Waals surface area contributed by atoms with Gasteiger partial charge in [0.25, 0.3) is 0 Å². The van der Waals surface area contributed by atoms with E-state index in [4.69, 9.17) is 4.74 Å². The Morgan fingerprint density at radius 2 is 1.86 bits per heavy atom. The third-order valence-corrected chi connectivity index (χ3v) is 4.52. The van der Waals surface area contributed by atoms with Crippen molar-refractivity contribution in [2.45, 2.75) is 38.0 Å². The predicted molar refractivity (Wildman–Crippen MR) is 87.8 cm³/mol. The van der Waals surface area contributed by atoms with Gasteiger partial charge in [0.2, 0.25) is 0 Å². The Hall–Kier alpha value is -1.01. The van der Waals surface area contributed by atoms with Crippen molar-refractivity contribution >= 4 is 0 Å². The summed E-state index contributed by atoms with van der Waals surface area (Å²) in [5.41, 5.74) is 1.18. The Morgan fingerprint density at radius 1 is 1.09 bits per heavy atom. The molecule has 0 saturated carbocycles. The van der Waals surface area contributed by atoms with Crippen LogP contribution < -0.4 is 10.6 Å². The van der Waals surface area contributed by atoms with Crippen LogP contribution >= 0.6 is 0 Å². The third kappa shape index (κ3) is 5.02. The highest BCUT2D eigenvalue weighted by Crippen LogP contribution is 2.10. The van der Waals surface area contributed by atoms with E-state index >= 15 is 0 Å². The fourth-order valence-corrected chi connectivity index (χ4v) is 3.36. The summed E-state index contributed by atoms with van der Waals surface area (Å²) < 4.78 is 5.85. The minimum atomic E-state index is 0.408. The first-order valence-electron chi connectivity index (χ1n) is 8.56. The van der Waals surface area contributed by atoms with Crippen molar-refractivity contribution in [3.05, 3.63) is 30.1 Å². The maximum Gasteiger partial charge on any atom is 0.0718 e. The van der Waals surface area contributed by atoms with Crippen LogP contribution in [-0.2, 0) is 11.3 Å². The van der Waals surface area contributed by atoms with Gasteiger partial charge in [-0.15, -0.1) is 0 Å². The Bertz CT molecular complexity index is 422. The smallest absolute Gasteiger partial charge is 0.0718 e. The summed E-state index contributed by atoms with van der Waals surface area (Å²) in [6.07, 6.45) is 7.75. The first-order valence-corrected chi connectivity index (χ1v) is 8.56. The lowest BCUT2D eigenvalue weighted by Gasteiger charge is -2.36. The van der Waals surface area contributed by atoms with Crippen LogP contribution in [0, 0.1) is 0 Å². The minimum absolute atomic E-state index is 0.408. The highest BCUT2D eigenvalue weighted by Gasteiger charge is 2.23. The van der Waals surface area contributed by atoms with E-state index in [9.17, 15) is 0 Å². The topological polar surface area (TPSA) is 49.4 Å². The lowest BCUT2D eigenvalue weighted by Crippen LogP contribution is -2.60. The van der Waals surface area contributed by atoms with Gasteiger partial charge >= 0.3 is 0 Å². The average Bonchev–Trinajstić information content (AvgIpc) is 2.57. The van der Waals surface area contributed by atoms with Crippen LogP contribution in [0.3, 0.4) is 0 Å². The molecule has 3 rings (SSSR count). The monoisotopic (exact) mass is 304 g/mol. The Labute approximate surface area is 133 Å². The van der Waals surface area contributed by atoms with Crippen LogP contribution in [-0.4, -0.2) is 61.3 Å². The fraction of sp³-hybridized carbons (Fsp3) is 0.706. The van der Waals surface area contributed by atoms with Crippen molar-refractivity contribution in [1.29, 1.82) is 0 Å². The van der Waals surface area contributed by atoms with Crippen molar-refractivity contribution in [1.82, 2.24) is 20.5 Å². The number of nitrogens with one attached hydrogen (secondary N) is 2. The second kappa shape index (κ2) is 8.58. The van der Waals surface area contributed by atoms with Crippen molar-refractivity contribution in [3.63, 3.8) is 0 Å². The maximum absolute atomic E-state index is 5.85. The van der Waals surface area contributed by atoms with Gasteiger partial charge < -0.3 is 20.3 Å². The van der Waals surface area contributed by atoms with Crippen LogP contribution in [0.15, 0.2) is 24.5 Å². The van der Waals surface area contributed by atoms with Crippen LogP contribution in [0.25, 0.3) is 0 Å². The molecule has 22 heavy (non-hydrogen) atoms. The van der Waals surface area contributed by atoms with Crippen molar-refractivity contribution in [2.24, 2.45) is 0 Å². The Kier molecular flexibility index (Phi) is 6.19. The van der Waals surface area contributed by atoms with Crippen molar-refractivity contribution in [2.75, 3.05) is 39.3 Å². The molecule has 2 fully saturated rings. The summed E-state index contributed by atoms with van der Waals surface area (Å²) in [7, 11) is 0. The van der Waals surface area contributed by atoms with Gasteiger partial charge in [0.15, 0.2) is 0 Å². The number of piperazine rings is 1. The summed E-state index contributed by atoms with van der Waals surface area (Å²) in [5, 5.41) is 7.29. The summed E-state index contributed by atoms with van der Waals surface area (Å²) in [4.78, 5) is 6.63.